The van der Waals surface area contributed by atoms with Crippen molar-refractivity contribution in [2.45, 2.75) is 32.2 Å². The molecular weight excluding hydrogens is 238 g/mol. The Labute approximate surface area is 114 Å². The number of aliphatic hydroxyl groups excluding tert-OH is 1. The number of aliphatic hydroxyl groups is 1. The number of rotatable bonds is 4. The number of carbonyl (C=O) groups is 1. The Balaban J connectivity index is 1.96. The lowest BCUT2D eigenvalue weighted by Gasteiger charge is -2.04. The van der Waals surface area contributed by atoms with Gasteiger partial charge in [-0.05, 0) is 37.0 Å². The predicted molar refractivity (Wildman–Crippen MR) is 74.7 cm³/mol. The molecule has 0 heterocycles. The Morgan fingerprint density at radius 1 is 1.53 bits per heavy atom. The minimum absolute atomic E-state index is 0.0312. The molecule has 1 saturated carbocycles. The normalized spacial score (nSPS) is 20.3. The summed E-state index contributed by atoms with van der Waals surface area (Å²) in [6, 6.07) is 7.54. The maximum atomic E-state index is 12.1. The maximum Gasteiger partial charge on any atom is 0.251 e. The molecule has 0 saturated heterocycles. The Morgan fingerprint density at radius 2 is 2.37 bits per heavy atom. The van der Waals surface area contributed by atoms with Crippen LogP contribution < -0.4 is 5.32 Å². The van der Waals surface area contributed by atoms with Gasteiger partial charge in [-0.15, -0.1) is 0 Å². The van der Waals surface area contributed by atoms with Crippen LogP contribution in [-0.2, 0) is 0 Å². The molecule has 2 unspecified atom stereocenters. The average molecular weight is 257 g/mol. The van der Waals surface area contributed by atoms with Crippen molar-refractivity contribution in [3.05, 3.63) is 35.4 Å². The first-order valence-corrected chi connectivity index (χ1v) is 6.75. The lowest BCUT2D eigenvalue weighted by atomic mass is 10.1. The van der Waals surface area contributed by atoms with Crippen LogP contribution in [0.3, 0.4) is 0 Å². The Morgan fingerprint density at radius 3 is 3.11 bits per heavy atom. The zero-order chi connectivity index (χ0) is 13.7. The molecule has 0 spiro atoms. The summed E-state index contributed by atoms with van der Waals surface area (Å²) < 4.78 is 0. The van der Waals surface area contributed by atoms with Crippen LogP contribution in [0.1, 0.15) is 42.1 Å². The molecule has 1 fully saturated rings. The van der Waals surface area contributed by atoms with Crippen LogP contribution in [0.15, 0.2) is 24.3 Å². The van der Waals surface area contributed by atoms with Gasteiger partial charge in [-0.2, -0.15) is 0 Å². The molecule has 0 bridgehead atoms. The summed E-state index contributed by atoms with van der Waals surface area (Å²) in [5, 5.41) is 11.7. The molecule has 3 nitrogen and oxygen atoms in total. The van der Waals surface area contributed by atoms with Crippen molar-refractivity contribution < 1.29 is 9.90 Å². The summed E-state index contributed by atoms with van der Waals surface area (Å²) in [5.41, 5.74) is 1.38. The Kier molecular flexibility index (Phi) is 4.59. The van der Waals surface area contributed by atoms with E-state index in [-0.39, 0.29) is 12.5 Å². The first-order chi connectivity index (χ1) is 9.24. The van der Waals surface area contributed by atoms with E-state index in [1.807, 2.05) is 12.1 Å². The standard InChI is InChI=1S/C16H19NO2/c1-2-5-13-11-15(13)17-16(19)14-8-3-6-12(10-14)7-4-9-18/h3,6,8,10,13,15,18H,2,5,9,11H2,1H3,(H,17,19). The van der Waals surface area contributed by atoms with Gasteiger partial charge >= 0.3 is 0 Å². The first kappa shape index (κ1) is 13.6. The smallest absolute Gasteiger partial charge is 0.251 e. The molecule has 1 amide bonds. The third kappa shape index (κ3) is 3.84. The molecule has 1 aromatic carbocycles. The number of amides is 1. The van der Waals surface area contributed by atoms with Gasteiger partial charge in [-0.1, -0.05) is 31.3 Å². The summed E-state index contributed by atoms with van der Waals surface area (Å²) in [5.74, 6) is 6.02. The average Bonchev–Trinajstić information content (AvgIpc) is 3.15. The second-order valence-corrected chi connectivity index (χ2v) is 4.91. The van der Waals surface area contributed by atoms with Crippen LogP contribution in [0.2, 0.25) is 0 Å². The molecule has 1 aliphatic rings. The zero-order valence-corrected chi connectivity index (χ0v) is 11.1. The number of hydrogen-bond donors (Lipinski definition) is 2. The SMILES string of the molecule is CCCC1CC1NC(=O)c1cccc(C#CCO)c1. The Bertz CT molecular complexity index is 513. The van der Waals surface area contributed by atoms with E-state index in [4.69, 9.17) is 5.11 Å². The van der Waals surface area contributed by atoms with Gasteiger partial charge in [0, 0.05) is 17.2 Å². The molecule has 2 atom stereocenters. The van der Waals surface area contributed by atoms with Crippen LogP contribution in [0.5, 0.6) is 0 Å². The largest absolute Gasteiger partial charge is 0.384 e. The highest BCUT2D eigenvalue weighted by Gasteiger charge is 2.37. The summed E-state index contributed by atoms with van der Waals surface area (Å²) in [7, 11) is 0. The number of benzene rings is 1. The van der Waals surface area contributed by atoms with Crippen molar-refractivity contribution in [2.75, 3.05) is 6.61 Å². The van der Waals surface area contributed by atoms with Gasteiger partial charge in [0.1, 0.15) is 6.61 Å². The van der Waals surface area contributed by atoms with Crippen LogP contribution >= 0.6 is 0 Å². The van der Waals surface area contributed by atoms with Gasteiger partial charge in [0.05, 0.1) is 0 Å². The fourth-order valence-corrected chi connectivity index (χ4v) is 2.25. The number of hydrogen-bond acceptors (Lipinski definition) is 2. The van der Waals surface area contributed by atoms with Gasteiger partial charge in [0.15, 0.2) is 0 Å². The zero-order valence-electron chi connectivity index (χ0n) is 11.1. The molecule has 1 aliphatic carbocycles. The van der Waals surface area contributed by atoms with E-state index in [1.165, 1.54) is 12.8 Å². The monoisotopic (exact) mass is 257 g/mol. The van der Waals surface area contributed by atoms with E-state index in [9.17, 15) is 4.79 Å². The van der Waals surface area contributed by atoms with Crippen molar-refractivity contribution in [3.8, 4) is 11.8 Å². The summed E-state index contributed by atoms with van der Waals surface area (Å²) >= 11 is 0. The highest BCUT2D eigenvalue weighted by atomic mass is 16.2. The highest BCUT2D eigenvalue weighted by molar-refractivity contribution is 5.94. The molecule has 100 valence electrons. The molecule has 0 aromatic heterocycles. The number of nitrogens with one attached hydrogen (secondary N) is 1. The van der Waals surface area contributed by atoms with Crippen LogP contribution in [0.25, 0.3) is 0 Å². The molecule has 0 aliphatic heterocycles. The summed E-state index contributed by atoms with van der Waals surface area (Å²) in [6.45, 7) is 2.00. The molecular formula is C16H19NO2. The van der Waals surface area contributed by atoms with Gasteiger partial charge in [-0.3, -0.25) is 4.79 Å². The molecule has 3 heteroatoms. The van der Waals surface area contributed by atoms with E-state index in [2.05, 4.69) is 24.1 Å². The second-order valence-electron chi connectivity index (χ2n) is 4.91. The lowest BCUT2D eigenvalue weighted by Crippen LogP contribution is -2.26. The van der Waals surface area contributed by atoms with Gasteiger partial charge in [-0.25, -0.2) is 0 Å². The third-order valence-corrected chi connectivity index (χ3v) is 3.34. The summed E-state index contributed by atoms with van der Waals surface area (Å²) in [6.07, 6.45) is 3.46. The fraction of sp³-hybridized carbons (Fsp3) is 0.438. The first-order valence-electron chi connectivity index (χ1n) is 6.75. The fourth-order valence-electron chi connectivity index (χ4n) is 2.25. The van der Waals surface area contributed by atoms with Crippen LogP contribution in [0.4, 0.5) is 0 Å². The quantitative estimate of drug-likeness (QED) is 0.810. The van der Waals surface area contributed by atoms with Crippen LogP contribution in [0, 0.1) is 17.8 Å². The third-order valence-electron chi connectivity index (χ3n) is 3.34. The van der Waals surface area contributed by atoms with Crippen molar-refractivity contribution in [1.29, 1.82) is 0 Å². The van der Waals surface area contributed by atoms with Crippen molar-refractivity contribution in [1.82, 2.24) is 5.32 Å². The van der Waals surface area contributed by atoms with E-state index in [1.54, 1.807) is 12.1 Å². The maximum absolute atomic E-state index is 12.1. The van der Waals surface area contributed by atoms with Crippen molar-refractivity contribution in [2.24, 2.45) is 5.92 Å². The minimum atomic E-state index is -0.169. The number of carbonyl (C=O) groups excluding carboxylic acids is 1. The predicted octanol–water partition coefficient (Wildman–Crippen LogP) is 1.95. The second kappa shape index (κ2) is 6.40. The molecule has 2 N–H and O–H groups in total. The van der Waals surface area contributed by atoms with Crippen molar-refractivity contribution in [3.63, 3.8) is 0 Å². The molecule has 1 aromatic rings. The minimum Gasteiger partial charge on any atom is -0.384 e. The van der Waals surface area contributed by atoms with Gasteiger partial charge in [0.2, 0.25) is 0 Å². The Hall–Kier alpha value is -1.79. The van der Waals surface area contributed by atoms with Crippen LogP contribution in [-0.4, -0.2) is 23.7 Å². The topological polar surface area (TPSA) is 49.3 Å². The van der Waals surface area contributed by atoms with Gasteiger partial charge < -0.3 is 10.4 Å². The summed E-state index contributed by atoms with van der Waals surface area (Å²) in [4.78, 5) is 12.1. The molecule has 2 rings (SSSR count). The lowest BCUT2D eigenvalue weighted by molar-refractivity contribution is 0.0949. The molecule has 19 heavy (non-hydrogen) atoms. The van der Waals surface area contributed by atoms with E-state index in [0.717, 1.165) is 12.0 Å². The highest BCUT2D eigenvalue weighted by Crippen LogP contribution is 2.34. The van der Waals surface area contributed by atoms with Gasteiger partial charge in [0.25, 0.3) is 5.91 Å². The van der Waals surface area contributed by atoms with E-state index in [0.29, 0.717) is 17.5 Å². The van der Waals surface area contributed by atoms with E-state index >= 15 is 0 Å². The van der Waals surface area contributed by atoms with Crippen molar-refractivity contribution >= 4 is 5.91 Å². The van der Waals surface area contributed by atoms with E-state index < -0.39 is 0 Å². The molecule has 0 radical (unpaired) electrons.